The van der Waals surface area contributed by atoms with E-state index in [0.29, 0.717) is 6.54 Å². The molecule has 0 spiro atoms. The Morgan fingerprint density at radius 1 is 1.37 bits per heavy atom. The van der Waals surface area contributed by atoms with E-state index in [9.17, 15) is 5.11 Å². The number of aliphatic hydroxyl groups is 1. The number of hydrogen-bond donors (Lipinski definition) is 1. The number of β-amino-alcohol motifs (C(OH)–C–C–N with tert-alkyl or cyclic N) is 1. The van der Waals surface area contributed by atoms with Crippen molar-refractivity contribution in [3.8, 4) is 0 Å². The number of aliphatic hydroxyl groups excluding tert-OH is 1. The first-order valence-electron chi connectivity index (χ1n) is 6.37. The van der Waals surface area contributed by atoms with Crippen molar-refractivity contribution in [3.63, 3.8) is 0 Å². The third-order valence-corrected chi connectivity index (χ3v) is 4.94. The van der Waals surface area contributed by atoms with Crippen molar-refractivity contribution in [1.82, 2.24) is 19.7 Å². The lowest BCUT2D eigenvalue weighted by Crippen LogP contribution is -2.37. The summed E-state index contributed by atoms with van der Waals surface area (Å²) in [7, 11) is 5.92. The van der Waals surface area contributed by atoms with Crippen molar-refractivity contribution in [1.29, 1.82) is 0 Å². The van der Waals surface area contributed by atoms with Crippen molar-refractivity contribution in [2.75, 3.05) is 32.1 Å². The molecule has 1 aliphatic heterocycles. The van der Waals surface area contributed by atoms with E-state index < -0.39 is 0 Å². The van der Waals surface area contributed by atoms with E-state index in [2.05, 4.69) is 19.9 Å². The number of fused-ring (bicyclic) bond motifs is 1. The van der Waals surface area contributed by atoms with E-state index in [4.69, 9.17) is 0 Å². The summed E-state index contributed by atoms with van der Waals surface area (Å²) >= 11 is 1.66. The smallest absolute Gasteiger partial charge is 0.188 e. The van der Waals surface area contributed by atoms with Gasteiger partial charge in [-0.15, -0.1) is 0 Å². The molecule has 2 aromatic heterocycles. The Labute approximate surface area is 116 Å². The zero-order valence-electron chi connectivity index (χ0n) is 11.7. The van der Waals surface area contributed by atoms with E-state index in [-0.39, 0.29) is 12.1 Å². The second-order valence-electron chi connectivity index (χ2n) is 5.36. The van der Waals surface area contributed by atoms with Crippen LogP contribution in [0.25, 0.3) is 10.3 Å². The van der Waals surface area contributed by atoms with Gasteiger partial charge in [0, 0.05) is 20.1 Å². The van der Waals surface area contributed by atoms with Crippen LogP contribution in [-0.2, 0) is 7.05 Å². The van der Waals surface area contributed by atoms with Crippen molar-refractivity contribution in [2.45, 2.75) is 19.1 Å². The van der Waals surface area contributed by atoms with Gasteiger partial charge < -0.3 is 14.9 Å². The first-order valence-corrected chi connectivity index (χ1v) is 7.18. The van der Waals surface area contributed by atoms with Crippen LogP contribution >= 0.6 is 11.3 Å². The number of aromatic nitrogens is 3. The molecule has 2 aromatic rings. The van der Waals surface area contributed by atoms with Crippen LogP contribution in [0.5, 0.6) is 0 Å². The summed E-state index contributed by atoms with van der Waals surface area (Å²) in [5.41, 5.74) is 1.95. The molecule has 0 unspecified atom stereocenters. The molecular weight excluding hydrogens is 262 g/mol. The lowest BCUT2D eigenvalue weighted by atomic mass is 10.2. The molecule has 0 amide bonds. The minimum atomic E-state index is -0.318. The molecule has 0 aromatic carbocycles. The van der Waals surface area contributed by atoms with Crippen molar-refractivity contribution >= 4 is 26.8 Å². The molecule has 3 rings (SSSR count). The van der Waals surface area contributed by atoms with E-state index in [1.54, 1.807) is 11.3 Å². The molecule has 6 nitrogen and oxygen atoms in total. The number of aryl methyl sites for hydroxylation is 2. The van der Waals surface area contributed by atoms with Gasteiger partial charge in [-0.1, -0.05) is 11.3 Å². The van der Waals surface area contributed by atoms with Crippen molar-refractivity contribution < 1.29 is 5.11 Å². The largest absolute Gasteiger partial charge is 0.390 e. The van der Waals surface area contributed by atoms with E-state index >= 15 is 0 Å². The van der Waals surface area contributed by atoms with Crippen LogP contribution in [0, 0.1) is 6.92 Å². The fourth-order valence-electron chi connectivity index (χ4n) is 2.64. The Kier molecular flexibility index (Phi) is 2.99. The second kappa shape index (κ2) is 4.43. The summed E-state index contributed by atoms with van der Waals surface area (Å²) in [5, 5.41) is 15.4. The quantitative estimate of drug-likeness (QED) is 0.866. The molecule has 0 radical (unpaired) electrons. The van der Waals surface area contributed by atoms with Crippen LogP contribution in [0.4, 0.5) is 5.13 Å². The lowest BCUT2D eigenvalue weighted by Gasteiger charge is -2.21. The van der Waals surface area contributed by atoms with Gasteiger partial charge in [-0.25, -0.2) is 9.67 Å². The standard InChI is InChI=1S/C12H19N5OS/c1-7-10-11(16(4)14-7)13-12(19-10)17-5-8(15(2)3)9(18)6-17/h8-9,18H,5-6H2,1-4H3/t8-,9-/m0/s1. The molecule has 1 aliphatic rings. The molecule has 1 saturated heterocycles. The average molecular weight is 281 g/mol. The summed E-state index contributed by atoms with van der Waals surface area (Å²) in [4.78, 5) is 8.90. The Bertz CT molecular complexity index is 570. The molecule has 2 atom stereocenters. The lowest BCUT2D eigenvalue weighted by molar-refractivity contribution is 0.114. The number of hydrogen-bond acceptors (Lipinski definition) is 6. The Morgan fingerprint density at radius 3 is 2.68 bits per heavy atom. The molecule has 0 saturated carbocycles. The van der Waals surface area contributed by atoms with Crippen molar-refractivity contribution in [3.05, 3.63) is 5.69 Å². The highest BCUT2D eigenvalue weighted by atomic mass is 32.1. The van der Waals surface area contributed by atoms with Crippen LogP contribution < -0.4 is 4.90 Å². The fraction of sp³-hybridized carbons (Fsp3) is 0.667. The van der Waals surface area contributed by atoms with Crippen LogP contribution in [0.1, 0.15) is 5.69 Å². The number of nitrogens with zero attached hydrogens (tertiary/aromatic N) is 5. The van der Waals surface area contributed by atoms with Gasteiger partial charge in [0.15, 0.2) is 10.8 Å². The molecule has 1 fully saturated rings. The first kappa shape index (κ1) is 12.8. The molecule has 0 aliphatic carbocycles. The topological polar surface area (TPSA) is 57.4 Å². The van der Waals surface area contributed by atoms with Gasteiger partial charge in [-0.05, 0) is 21.0 Å². The highest BCUT2D eigenvalue weighted by Crippen LogP contribution is 2.32. The minimum Gasteiger partial charge on any atom is -0.390 e. The number of likely N-dealkylation sites (N-methyl/N-ethyl adjacent to an activating group) is 1. The predicted octanol–water partition coefficient (Wildman–Crippen LogP) is 0.449. The number of thiazole rings is 1. The highest BCUT2D eigenvalue weighted by molar-refractivity contribution is 7.22. The highest BCUT2D eigenvalue weighted by Gasteiger charge is 2.34. The third kappa shape index (κ3) is 2.01. The zero-order chi connectivity index (χ0) is 13.7. The van der Waals surface area contributed by atoms with E-state index in [1.165, 1.54) is 0 Å². The first-order chi connectivity index (χ1) is 8.97. The van der Waals surface area contributed by atoms with Gasteiger partial charge in [0.2, 0.25) is 0 Å². The van der Waals surface area contributed by atoms with Crippen LogP contribution in [-0.4, -0.2) is 64.1 Å². The normalized spacial score (nSPS) is 24.0. The van der Waals surface area contributed by atoms with Crippen molar-refractivity contribution in [2.24, 2.45) is 7.05 Å². The zero-order valence-corrected chi connectivity index (χ0v) is 12.5. The maximum Gasteiger partial charge on any atom is 0.188 e. The molecule has 104 valence electrons. The van der Waals surface area contributed by atoms with E-state index in [1.807, 2.05) is 32.7 Å². The maximum absolute atomic E-state index is 10.1. The Balaban J connectivity index is 1.91. The molecule has 19 heavy (non-hydrogen) atoms. The monoisotopic (exact) mass is 281 g/mol. The Morgan fingerprint density at radius 2 is 2.11 bits per heavy atom. The van der Waals surface area contributed by atoms with Gasteiger partial charge in [0.25, 0.3) is 0 Å². The fourth-order valence-corrected chi connectivity index (χ4v) is 3.69. The summed E-state index contributed by atoms with van der Waals surface area (Å²) in [6, 6.07) is 0.172. The molecule has 7 heteroatoms. The summed E-state index contributed by atoms with van der Waals surface area (Å²) in [6.07, 6.45) is -0.318. The van der Waals surface area contributed by atoms with Crippen LogP contribution in [0.3, 0.4) is 0 Å². The van der Waals surface area contributed by atoms with Gasteiger partial charge >= 0.3 is 0 Å². The second-order valence-corrected chi connectivity index (χ2v) is 6.34. The number of rotatable bonds is 2. The average Bonchev–Trinajstić information content (AvgIpc) is 2.96. The third-order valence-electron chi connectivity index (χ3n) is 3.73. The van der Waals surface area contributed by atoms with Gasteiger partial charge in [0.05, 0.1) is 22.5 Å². The molecule has 1 N–H and O–H groups in total. The molecule has 0 bridgehead atoms. The van der Waals surface area contributed by atoms with Crippen LogP contribution in [0.15, 0.2) is 0 Å². The Hall–Kier alpha value is -1.18. The summed E-state index contributed by atoms with van der Waals surface area (Å²) in [5.74, 6) is 0. The van der Waals surface area contributed by atoms with Gasteiger partial charge in [-0.3, -0.25) is 0 Å². The predicted molar refractivity (Wildman–Crippen MR) is 76.8 cm³/mol. The maximum atomic E-state index is 10.1. The summed E-state index contributed by atoms with van der Waals surface area (Å²) < 4.78 is 2.96. The van der Waals surface area contributed by atoms with Gasteiger partial charge in [0.1, 0.15) is 0 Å². The van der Waals surface area contributed by atoms with Gasteiger partial charge in [-0.2, -0.15) is 5.10 Å². The SMILES string of the molecule is Cc1nn(C)c2nc(N3C[C@H](O)[C@@H](N(C)C)C3)sc12. The molecule has 3 heterocycles. The van der Waals surface area contributed by atoms with E-state index in [0.717, 1.165) is 27.7 Å². The van der Waals surface area contributed by atoms with Crippen LogP contribution in [0.2, 0.25) is 0 Å². The minimum absolute atomic E-state index is 0.172. The summed E-state index contributed by atoms with van der Waals surface area (Å²) in [6.45, 7) is 3.47. The molecular formula is C12H19N5OS. The number of anilines is 1.